The molecule has 0 aromatic heterocycles. The third-order valence-electron chi connectivity index (χ3n) is 5.79. The summed E-state index contributed by atoms with van der Waals surface area (Å²) in [5.41, 5.74) is 1.04. The number of hydrogen-bond donors (Lipinski definition) is 1. The molecule has 2 aromatic rings. The number of amides is 1. The standard InChI is InChI=1S/C23H28N2O4/c1-2-24-12-6-7-19(24)15-25(23(26)16-27-20-8-4-3-5-9-20)14-18-10-11-21-22(13-18)29-17-28-21/h3-5,8-11,13,19H,2,6-7,12,14-17H2,1H3/p+1/t19-/m0/s1. The van der Waals surface area contributed by atoms with Gasteiger partial charge in [-0.05, 0) is 36.8 Å². The van der Waals surface area contributed by atoms with E-state index in [0.717, 1.165) is 36.6 Å². The van der Waals surface area contributed by atoms with Crippen molar-refractivity contribution in [1.29, 1.82) is 0 Å². The molecule has 29 heavy (non-hydrogen) atoms. The van der Waals surface area contributed by atoms with Gasteiger partial charge in [0, 0.05) is 19.4 Å². The smallest absolute Gasteiger partial charge is 0.261 e. The number of rotatable bonds is 8. The normalized spacial score (nSPS) is 19.9. The first-order valence-corrected chi connectivity index (χ1v) is 10.4. The summed E-state index contributed by atoms with van der Waals surface area (Å²) < 4.78 is 16.6. The molecule has 2 heterocycles. The first kappa shape index (κ1) is 19.6. The van der Waals surface area contributed by atoms with Crippen LogP contribution in [0.5, 0.6) is 17.2 Å². The fourth-order valence-electron chi connectivity index (χ4n) is 4.20. The number of nitrogens with one attached hydrogen (secondary N) is 1. The van der Waals surface area contributed by atoms with E-state index >= 15 is 0 Å². The minimum Gasteiger partial charge on any atom is -0.484 e. The lowest BCUT2D eigenvalue weighted by Gasteiger charge is -2.28. The molecule has 6 nitrogen and oxygen atoms in total. The zero-order chi connectivity index (χ0) is 20.1. The van der Waals surface area contributed by atoms with Gasteiger partial charge in [0.05, 0.1) is 19.6 Å². The van der Waals surface area contributed by atoms with Gasteiger partial charge in [-0.15, -0.1) is 0 Å². The monoisotopic (exact) mass is 397 g/mol. The van der Waals surface area contributed by atoms with Gasteiger partial charge in [-0.2, -0.15) is 0 Å². The molecule has 4 rings (SSSR count). The number of likely N-dealkylation sites (N-methyl/N-ethyl adjacent to an activating group) is 1. The van der Waals surface area contributed by atoms with Gasteiger partial charge in [-0.3, -0.25) is 4.79 Å². The topological polar surface area (TPSA) is 52.4 Å². The van der Waals surface area contributed by atoms with Crippen molar-refractivity contribution in [3.63, 3.8) is 0 Å². The van der Waals surface area contributed by atoms with Gasteiger partial charge in [-0.1, -0.05) is 24.3 Å². The molecule has 6 heteroatoms. The number of hydrogen-bond acceptors (Lipinski definition) is 4. The summed E-state index contributed by atoms with van der Waals surface area (Å²) >= 11 is 0. The van der Waals surface area contributed by atoms with Crippen LogP contribution in [0.1, 0.15) is 25.3 Å². The minimum absolute atomic E-state index is 0.00822. The first-order valence-electron chi connectivity index (χ1n) is 10.4. The fraction of sp³-hybridized carbons (Fsp3) is 0.435. The van der Waals surface area contributed by atoms with Crippen LogP contribution in [-0.2, 0) is 11.3 Å². The van der Waals surface area contributed by atoms with Crippen LogP contribution in [0.15, 0.2) is 48.5 Å². The highest BCUT2D eigenvalue weighted by atomic mass is 16.7. The molecule has 0 radical (unpaired) electrons. The molecular weight excluding hydrogens is 368 g/mol. The molecule has 1 saturated heterocycles. The number of fused-ring (bicyclic) bond motifs is 1. The highest BCUT2D eigenvalue weighted by molar-refractivity contribution is 5.77. The molecular formula is C23H29N2O4+. The van der Waals surface area contributed by atoms with Crippen molar-refractivity contribution < 1.29 is 23.9 Å². The maximum atomic E-state index is 13.1. The van der Waals surface area contributed by atoms with Gasteiger partial charge >= 0.3 is 0 Å². The molecule has 2 atom stereocenters. The number of carbonyl (C=O) groups excluding carboxylic acids is 1. The Bertz CT molecular complexity index is 827. The van der Waals surface area contributed by atoms with E-state index in [4.69, 9.17) is 14.2 Å². The van der Waals surface area contributed by atoms with E-state index < -0.39 is 0 Å². The maximum Gasteiger partial charge on any atom is 0.261 e. The Hall–Kier alpha value is -2.73. The molecule has 1 amide bonds. The number of benzene rings is 2. The van der Waals surface area contributed by atoms with Crippen molar-refractivity contribution in [3.8, 4) is 17.2 Å². The molecule has 1 N–H and O–H groups in total. The highest BCUT2D eigenvalue weighted by Gasteiger charge is 2.31. The predicted molar refractivity (Wildman–Crippen MR) is 109 cm³/mol. The van der Waals surface area contributed by atoms with Crippen LogP contribution in [0.4, 0.5) is 0 Å². The van der Waals surface area contributed by atoms with Crippen LogP contribution in [0.25, 0.3) is 0 Å². The van der Waals surface area contributed by atoms with E-state index in [1.165, 1.54) is 13.0 Å². The van der Waals surface area contributed by atoms with Gasteiger partial charge in [0.2, 0.25) is 6.79 Å². The molecule has 2 aromatic carbocycles. The van der Waals surface area contributed by atoms with Gasteiger partial charge in [0.25, 0.3) is 5.91 Å². The van der Waals surface area contributed by atoms with E-state index in [2.05, 4.69) is 6.92 Å². The average Bonchev–Trinajstić information content (AvgIpc) is 3.40. The van der Waals surface area contributed by atoms with Crippen LogP contribution in [-0.4, -0.2) is 49.9 Å². The Morgan fingerprint density at radius 3 is 2.83 bits per heavy atom. The van der Waals surface area contributed by atoms with Crippen molar-refractivity contribution in [1.82, 2.24) is 4.90 Å². The van der Waals surface area contributed by atoms with Crippen LogP contribution in [0.2, 0.25) is 0 Å². The largest absolute Gasteiger partial charge is 0.484 e. The van der Waals surface area contributed by atoms with Crippen molar-refractivity contribution >= 4 is 5.91 Å². The van der Waals surface area contributed by atoms with Gasteiger partial charge in [0.15, 0.2) is 18.1 Å². The summed E-state index contributed by atoms with van der Waals surface area (Å²) in [4.78, 5) is 16.6. The van der Waals surface area contributed by atoms with Crippen molar-refractivity contribution in [3.05, 3.63) is 54.1 Å². The summed E-state index contributed by atoms with van der Waals surface area (Å²) in [5, 5.41) is 0. The lowest BCUT2D eigenvalue weighted by atomic mass is 10.1. The molecule has 2 aliphatic rings. The molecule has 0 saturated carbocycles. The van der Waals surface area contributed by atoms with Crippen LogP contribution >= 0.6 is 0 Å². The van der Waals surface area contributed by atoms with Gasteiger partial charge < -0.3 is 24.0 Å². The number of likely N-dealkylation sites (tertiary alicyclic amines) is 1. The van der Waals surface area contributed by atoms with E-state index in [1.54, 1.807) is 4.90 Å². The number of nitrogens with zero attached hydrogens (tertiary/aromatic N) is 1. The molecule has 0 spiro atoms. The number of carbonyl (C=O) groups is 1. The quantitative estimate of drug-likeness (QED) is 0.739. The van der Waals surface area contributed by atoms with Gasteiger partial charge in [0.1, 0.15) is 11.8 Å². The summed E-state index contributed by atoms with van der Waals surface area (Å²) in [6.45, 7) is 6.09. The van der Waals surface area contributed by atoms with Crippen LogP contribution < -0.4 is 19.1 Å². The van der Waals surface area contributed by atoms with Crippen molar-refractivity contribution in [2.75, 3.05) is 33.0 Å². The Morgan fingerprint density at radius 1 is 1.17 bits per heavy atom. The maximum absolute atomic E-state index is 13.1. The molecule has 2 aliphatic heterocycles. The van der Waals surface area contributed by atoms with Crippen LogP contribution in [0.3, 0.4) is 0 Å². The summed E-state index contributed by atoms with van der Waals surface area (Å²) in [6, 6.07) is 15.9. The van der Waals surface area contributed by atoms with Crippen LogP contribution in [0, 0.1) is 0 Å². The zero-order valence-corrected chi connectivity index (χ0v) is 16.9. The third-order valence-corrected chi connectivity index (χ3v) is 5.79. The number of quaternary nitrogens is 1. The zero-order valence-electron chi connectivity index (χ0n) is 16.9. The Labute approximate surface area is 172 Å². The third kappa shape index (κ3) is 4.82. The first-order chi connectivity index (χ1) is 14.2. The lowest BCUT2D eigenvalue weighted by molar-refractivity contribution is -0.909. The number of para-hydroxylation sites is 1. The second-order valence-electron chi connectivity index (χ2n) is 7.66. The molecule has 1 fully saturated rings. The van der Waals surface area contributed by atoms with E-state index in [0.29, 0.717) is 18.3 Å². The minimum atomic E-state index is 0.00822. The van der Waals surface area contributed by atoms with Crippen molar-refractivity contribution in [2.24, 2.45) is 0 Å². The Balaban J connectivity index is 1.46. The second kappa shape index (κ2) is 9.18. The summed E-state index contributed by atoms with van der Waals surface area (Å²) in [6.07, 6.45) is 2.38. The second-order valence-corrected chi connectivity index (χ2v) is 7.66. The van der Waals surface area contributed by atoms with Gasteiger partial charge in [-0.25, -0.2) is 0 Å². The SMILES string of the molecule is CC[NH+]1CCC[C@H]1CN(Cc1ccc2c(c1)OCO2)C(=O)COc1ccccc1. The van der Waals surface area contributed by atoms with Crippen molar-refractivity contribution in [2.45, 2.75) is 32.4 Å². The Morgan fingerprint density at radius 2 is 2.00 bits per heavy atom. The average molecular weight is 397 g/mol. The summed E-state index contributed by atoms with van der Waals surface area (Å²) in [7, 11) is 0. The molecule has 0 aliphatic carbocycles. The lowest BCUT2D eigenvalue weighted by Crippen LogP contribution is -3.14. The molecule has 0 bridgehead atoms. The van der Waals surface area contributed by atoms with E-state index in [1.807, 2.05) is 53.4 Å². The van der Waals surface area contributed by atoms with E-state index in [-0.39, 0.29) is 19.3 Å². The highest BCUT2D eigenvalue weighted by Crippen LogP contribution is 2.32. The number of ether oxygens (including phenoxy) is 3. The fourth-order valence-corrected chi connectivity index (χ4v) is 4.20. The predicted octanol–water partition coefficient (Wildman–Crippen LogP) is 1.89. The molecule has 154 valence electrons. The summed E-state index contributed by atoms with van der Waals surface area (Å²) in [5.74, 6) is 2.23. The Kier molecular flexibility index (Phi) is 6.20. The molecule has 1 unspecified atom stereocenters. The van der Waals surface area contributed by atoms with E-state index in [9.17, 15) is 4.79 Å².